The van der Waals surface area contributed by atoms with E-state index in [1.807, 2.05) is 31.2 Å². The lowest BCUT2D eigenvalue weighted by atomic mass is 9.98. The fraction of sp³-hybridized carbons (Fsp3) is 0.625. The molecule has 1 N–H and O–H groups in total. The first-order chi connectivity index (χ1) is 13.9. The molecule has 1 saturated carbocycles. The number of nitrogens with one attached hydrogen (secondary N) is 1. The normalized spacial score (nSPS) is 17.6. The van der Waals surface area contributed by atoms with Gasteiger partial charge in [0.2, 0.25) is 5.89 Å². The summed E-state index contributed by atoms with van der Waals surface area (Å²) in [6.45, 7) is 3.39. The van der Waals surface area contributed by atoms with Crippen LogP contribution < -0.4 is 10.1 Å². The van der Waals surface area contributed by atoms with E-state index in [2.05, 4.69) is 5.32 Å². The third-order valence-corrected chi connectivity index (χ3v) is 5.65. The molecule has 0 spiro atoms. The molecule has 4 nitrogen and oxygen atoms in total. The van der Waals surface area contributed by atoms with Crippen LogP contribution in [0, 0.1) is 0 Å². The molecule has 3 rings (SSSR count). The molecule has 0 saturated heterocycles. The Bertz CT molecular complexity index is 671. The molecule has 2 aromatic rings. The van der Waals surface area contributed by atoms with Crippen molar-refractivity contribution in [3.05, 3.63) is 36.2 Å². The van der Waals surface area contributed by atoms with Gasteiger partial charge in [0, 0.05) is 12.6 Å². The standard InChI is InChI=1S/C24H36N2O2/c1-2-27-23-17-13-12-16-22(23)24-26-21(19-28-24)18-25-20-14-10-8-6-4-3-5-7-9-11-15-20/h12-13,16-17,19-20,25H,2-11,14-15,18H2,1H3. The number of hydrogen-bond acceptors (Lipinski definition) is 4. The molecule has 0 radical (unpaired) electrons. The number of aromatic nitrogens is 1. The molecule has 1 heterocycles. The summed E-state index contributed by atoms with van der Waals surface area (Å²) in [4.78, 5) is 4.70. The van der Waals surface area contributed by atoms with E-state index in [9.17, 15) is 0 Å². The highest BCUT2D eigenvalue weighted by Gasteiger charge is 2.14. The molecule has 0 aliphatic heterocycles. The monoisotopic (exact) mass is 384 g/mol. The fourth-order valence-electron chi connectivity index (χ4n) is 4.05. The van der Waals surface area contributed by atoms with Crippen molar-refractivity contribution in [2.45, 2.75) is 90.1 Å². The average Bonchev–Trinajstić information content (AvgIpc) is 3.17. The molecule has 28 heavy (non-hydrogen) atoms. The Morgan fingerprint density at radius 1 is 0.964 bits per heavy atom. The molecular formula is C24H36N2O2. The van der Waals surface area contributed by atoms with Gasteiger partial charge in [-0.2, -0.15) is 0 Å². The maximum Gasteiger partial charge on any atom is 0.229 e. The van der Waals surface area contributed by atoms with Gasteiger partial charge in [0.25, 0.3) is 0 Å². The van der Waals surface area contributed by atoms with Gasteiger partial charge in [-0.05, 0) is 31.9 Å². The number of oxazole rings is 1. The van der Waals surface area contributed by atoms with Crippen molar-refractivity contribution in [1.82, 2.24) is 10.3 Å². The van der Waals surface area contributed by atoms with Gasteiger partial charge in [-0.1, -0.05) is 69.9 Å². The molecule has 0 bridgehead atoms. The van der Waals surface area contributed by atoms with E-state index in [1.54, 1.807) is 6.26 Å². The molecule has 4 heteroatoms. The summed E-state index contributed by atoms with van der Waals surface area (Å²) in [5.41, 5.74) is 1.88. The number of nitrogens with zero attached hydrogens (tertiary/aromatic N) is 1. The van der Waals surface area contributed by atoms with Crippen molar-refractivity contribution in [2.75, 3.05) is 6.61 Å². The summed E-state index contributed by atoms with van der Waals surface area (Å²) >= 11 is 0. The summed E-state index contributed by atoms with van der Waals surface area (Å²) in [6, 6.07) is 8.52. The second-order valence-electron chi connectivity index (χ2n) is 7.91. The Kier molecular flexibility index (Phi) is 8.89. The van der Waals surface area contributed by atoms with Crippen molar-refractivity contribution in [2.24, 2.45) is 0 Å². The Hall–Kier alpha value is -1.81. The van der Waals surface area contributed by atoms with E-state index in [4.69, 9.17) is 14.1 Å². The van der Waals surface area contributed by atoms with Crippen LogP contribution in [0.1, 0.15) is 83.2 Å². The van der Waals surface area contributed by atoms with Gasteiger partial charge in [-0.25, -0.2) is 4.98 Å². The molecule has 154 valence electrons. The smallest absolute Gasteiger partial charge is 0.229 e. The van der Waals surface area contributed by atoms with Crippen LogP contribution >= 0.6 is 0 Å². The van der Waals surface area contributed by atoms with Crippen molar-refractivity contribution in [3.8, 4) is 17.2 Å². The first kappa shape index (κ1) is 20.9. The van der Waals surface area contributed by atoms with Crippen molar-refractivity contribution in [3.63, 3.8) is 0 Å². The summed E-state index contributed by atoms with van der Waals surface area (Å²) < 4.78 is 11.5. The Morgan fingerprint density at radius 2 is 1.61 bits per heavy atom. The van der Waals surface area contributed by atoms with Gasteiger partial charge in [0.05, 0.1) is 17.9 Å². The molecule has 1 aromatic carbocycles. The van der Waals surface area contributed by atoms with Crippen LogP contribution in [0.2, 0.25) is 0 Å². The summed E-state index contributed by atoms with van der Waals surface area (Å²) in [7, 11) is 0. The number of benzene rings is 1. The second-order valence-corrected chi connectivity index (χ2v) is 7.91. The number of para-hydroxylation sites is 1. The fourth-order valence-corrected chi connectivity index (χ4v) is 4.05. The van der Waals surface area contributed by atoms with Gasteiger partial charge in [0.15, 0.2) is 0 Å². The van der Waals surface area contributed by atoms with E-state index in [1.165, 1.54) is 70.6 Å². The topological polar surface area (TPSA) is 47.3 Å². The Morgan fingerprint density at radius 3 is 2.29 bits per heavy atom. The number of ether oxygens (including phenoxy) is 1. The molecule has 1 aliphatic rings. The van der Waals surface area contributed by atoms with Crippen molar-refractivity contribution < 1.29 is 9.15 Å². The predicted molar refractivity (Wildman–Crippen MR) is 115 cm³/mol. The van der Waals surface area contributed by atoms with E-state index >= 15 is 0 Å². The minimum absolute atomic E-state index is 0.593. The highest BCUT2D eigenvalue weighted by Crippen LogP contribution is 2.29. The highest BCUT2D eigenvalue weighted by molar-refractivity contribution is 5.62. The maximum atomic E-state index is 5.76. The molecule has 1 fully saturated rings. The minimum Gasteiger partial charge on any atom is -0.493 e. The minimum atomic E-state index is 0.593. The van der Waals surface area contributed by atoms with Gasteiger partial charge in [-0.3, -0.25) is 0 Å². The van der Waals surface area contributed by atoms with Crippen LogP contribution in [0.15, 0.2) is 34.9 Å². The average molecular weight is 385 g/mol. The molecule has 0 unspecified atom stereocenters. The van der Waals surface area contributed by atoms with Crippen LogP contribution in [0.5, 0.6) is 5.75 Å². The van der Waals surface area contributed by atoms with Gasteiger partial charge >= 0.3 is 0 Å². The number of hydrogen-bond donors (Lipinski definition) is 1. The molecule has 1 aliphatic carbocycles. The van der Waals surface area contributed by atoms with Crippen molar-refractivity contribution >= 4 is 0 Å². The zero-order chi connectivity index (χ0) is 19.4. The lowest BCUT2D eigenvalue weighted by molar-refractivity contribution is 0.340. The van der Waals surface area contributed by atoms with Crippen LogP contribution in [0.3, 0.4) is 0 Å². The van der Waals surface area contributed by atoms with Crippen LogP contribution in [-0.4, -0.2) is 17.6 Å². The SMILES string of the molecule is CCOc1ccccc1-c1nc(CNC2CCCCCCCCCCC2)co1. The highest BCUT2D eigenvalue weighted by atomic mass is 16.5. The van der Waals surface area contributed by atoms with Crippen LogP contribution in [-0.2, 0) is 6.54 Å². The van der Waals surface area contributed by atoms with Gasteiger partial charge < -0.3 is 14.5 Å². The first-order valence-corrected chi connectivity index (χ1v) is 11.3. The first-order valence-electron chi connectivity index (χ1n) is 11.3. The van der Waals surface area contributed by atoms with E-state index < -0.39 is 0 Å². The third-order valence-electron chi connectivity index (χ3n) is 5.65. The summed E-state index contributed by atoms with van der Waals surface area (Å²) in [5, 5.41) is 3.74. The number of rotatable bonds is 6. The Labute approximate surface area is 170 Å². The predicted octanol–water partition coefficient (Wildman–Crippen LogP) is 6.50. The van der Waals surface area contributed by atoms with Crippen LogP contribution in [0.4, 0.5) is 0 Å². The Balaban J connectivity index is 1.55. The van der Waals surface area contributed by atoms with E-state index in [0.717, 1.165) is 23.6 Å². The zero-order valence-electron chi connectivity index (χ0n) is 17.4. The largest absolute Gasteiger partial charge is 0.493 e. The zero-order valence-corrected chi connectivity index (χ0v) is 17.4. The molecule has 0 atom stereocenters. The lowest BCUT2D eigenvalue weighted by Crippen LogP contribution is -2.28. The molecular weight excluding hydrogens is 348 g/mol. The summed E-state index contributed by atoms with van der Waals surface area (Å²) in [5.74, 6) is 1.46. The van der Waals surface area contributed by atoms with Gasteiger partial charge in [-0.15, -0.1) is 0 Å². The maximum absolute atomic E-state index is 5.76. The van der Waals surface area contributed by atoms with Crippen molar-refractivity contribution in [1.29, 1.82) is 0 Å². The van der Waals surface area contributed by atoms with Crippen LogP contribution in [0.25, 0.3) is 11.5 Å². The lowest BCUT2D eigenvalue weighted by Gasteiger charge is -2.19. The second kappa shape index (κ2) is 11.9. The van der Waals surface area contributed by atoms with E-state index in [0.29, 0.717) is 18.5 Å². The molecule has 1 aromatic heterocycles. The third kappa shape index (κ3) is 6.66. The quantitative estimate of drug-likeness (QED) is 0.617. The van der Waals surface area contributed by atoms with Gasteiger partial charge in [0.1, 0.15) is 12.0 Å². The molecule has 0 amide bonds. The van der Waals surface area contributed by atoms with E-state index in [-0.39, 0.29) is 0 Å². The summed E-state index contributed by atoms with van der Waals surface area (Å²) in [6.07, 6.45) is 16.8.